The molecule has 0 atom stereocenters. The van der Waals surface area contributed by atoms with Crippen molar-refractivity contribution in [1.82, 2.24) is 0 Å². The number of nitrogen functional groups attached to an aromatic ring is 1. The van der Waals surface area contributed by atoms with Crippen molar-refractivity contribution in [2.45, 2.75) is 6.92 Å². The van der Waals surface area contributed by atoms with Crippen molar-refractivity contribution in [2.24, 2.45) is 0 Å². The van der Waals surface area contributed by atoms with Gasteiger partial charge in [-0.25, -0.2) is 0 Å². The average Bonchev–Trinajstić information content (AvgIpc) is 2.27. The Hall–Kier alpha value is -1.81. The number of amides is 1. The molecule has 3 N–H and O–H groups in total. The third-order valence-electron chi connectivity index (χ3n) is 2.46. The molecule has 2 rings (SSSR count). The number of aryl methyl sites for hydroxylation is 1. The fourth-order valence-electron chi connectivity index (χ4n) is 1.67. The third-order valence-corrected chi connectivity index (χ3v) is 2.92. The number of hydrogen-bond donors (Lipinski definition) is 2. The highest BCUT2D eigenvalue weighted by molar-refractivity contribution is 9.10. The monoisotopic (exact) mass is 304 g/mol. The fourth-order valence-corrected chi connectivity index (χ4v) is 2.18. The van der Waals surface area contributed by atoms with E-state index in [1.807, 2.05) is 31.2 Å². The van der Waals surface area contributed by atoms with Gasteiger partial charge in [-0.1, -0.05) is 28.1 Å². The van der Waals surface area contributed by atoms with Crippen molar-refractivity contribution < 1.29 is 4.79 Å². The molecule has 2 aromatic carbocycles. The van der Waals surface area contributed by atoms with E-state index in [1.165, 1.54) is 0 Å². The molecule has 0 aliphatic rings. The van der Waals surface area contributed by atoms with Gasteiger partial charge in [0, 0.05) is 21.4 Å². The normalized spacial score (nSPS) is 10.1. The van der Waals surface area contributed by atoms with E-state index >= 15 is 0 Å². The van der Waals surface area contributed by atoms with Gasteiger partial charge in [-0.2, -0.15) is 0 Å². The second kappa shape index (κ2) is 5.23. The third kappa shape index (κ3) is 3.11. The van der Waals surface area contributed by atoms with Gasteiger partial charge >= 0.3 is 0 Å². The Morgan fingerprint density at radius 3 is 2.67 bits per heavy atom. The number of nitrogens with two attached hydrogens (primary N) is 1. The topological polar surface area (TPSA) is 55.1 Å². The largest absolute Gasteiger partial charge is 0.399 e. The predicted octanol–water partition coefficient (Wildman–Crippen LogP) is 3.59. The molecule has 0 heterocycles. The Balaban J connectivity index is 2.22. The first-order valence-corrected chi connectivity index (χ1v) is 6.28. The van der Waals surface area contributed by atoms with E-state index < -0.39 is 0 Å². The molecular weight excluding hydrogens is 292 g/mol. The van der Waals surface area contributed by atoms with Crippen LogP contribution in [0.5, 0.6) is 0 Å². The van der Waals surface area contributed by atoms with Crippen LogP contribution in [0.15, 0.2) is 46.9 Å². The highest BCUT2D eigenvalue weighted by atomic mass is 79.9. The van der Waals surface area contributed by atoms with Crippen molar-refractivity contribution >= 4 is 33.2 Å². The van der Waals surface area contributed by atoms with Gasteiger partial charge in [0.2, 0.25) is 0 Å². The van der Waals surface area contributed by atoms with E-state index in [0.29, 0.717) is 11.3 Å². The first-order chi connectivity index (χ1) is 8.54. The van der Waals surface area contributed by atoms with Crippen molar-refractivity contribution in [3.63, 3.8) is 0 Å². The van der Waals surface area contributed by atoms with Gasteiger partial charge in [0.15, 0.2) is 0 Å². The molecule has 0 aliphatic heterocycles. The summed E-state index contributed by atoms with van der Waals surface area (Å²) in [5.74, 6) is -0.173. The lowest BCUT2D eigenvalue weighted by atomic mass is 10.1. The van der Waals surface area contributed by atoms with Gasteiger partial charge < -0.3 is 11.1 Å². The van der Waals surface area contributed by atoms with Crippen molar-refractivity contribution in [3.8, 4) is 0 Å². The summed E-state index contributed by atoms with van der Waals surface area (Å²) in [6.07, 6.45) is 0. The van der Waals surface area contributed by atoms with Crippen molar-refractivity contribution in [3.05, 3.63) is 58.1 Å². The van der Waals surface area contributed by atoms with Crippen molar-refractivity contribution in [1.29, 1.82) is 0 Å². The van der Waals surface area contributed by atoms with E-state index in [1.54, 1.807) is 18.2 Å². The molecule has 3 nitrogen and oxygen atoms in total. The van der Waals surface area contributed by atoms with Gasteiger partial charge in [-0.05, 0) is 42.8 Å². The van der Waals surface area contributed by atoms with Gasteiger partial charge in [-0.15, -0.1) is 0 Å². The number of nitrogens with one attached hydrogen (secondary N) is 1. The summed E-state index contributed by atoms with van der Waals surface area (Å²) in [7, 11) is 0. The standard InChI is InChI=1S/C14H13BrN2O/c1-9-3-2-4-13(5-9)17-14(18)10-6-11(15)8-12(16)7-10/h2-8H,16H2,1H3,(H,17,18). The summed E-state index contributed by atoms with van der Waals surface area (Å²) in [5.41, 5.74) is 8.67. The maximum absolute atomic E-state index is 12.0. The summed E-state index contributed by atoms with van der Waals surface area (Å²) >= 11 is 3.32. The SMILES string of the molecule is Cc1cccc(NC(=O)c2cc(N)cc(Br)c2)c1. The molecule has 0 bridgehead atoms. The Morgan fingerprint density at radius 1 is 1.22 bits per heavy atom. The molecule has 0 saturated heterocycles. The summed E-state index contributed by atoms with van der Waals surface area (Å²) in [6.45, 7) is 1.98. The molecule has 0 aromatic heterocycles. The van der Waals surface area contributed by atoms with E-state index in [-0.39, 0.29) is 5.91 Å². The second-order valence-corrected chi connectivity index (χ2v) is 5.01. The average molecular weight is 305 g/mol. The van der Waals surface area contributed by atoms with Crippen LogP contribution in [0.3, 0.4) is 0 Å². The molecule has 0 aliphatic carbocycles. The molecule has 2 aromatic rings. The minimum absolute atomic E-state index is 0.173. The molecule has 0 fully saturated rings. The molecule has 92 valence electrons. The number of rotatable bonds is 2. The van der Waals surface area contributed by atoms with Gasteiger partial charge in [0.05, 0.1) is 0 Å². The summed E-state index contributed by atoms with van der Waals surface area (Å²) in [4.78, 5) is 12.0. The zero-order chi connectivity index (χ0) is 13.1. The molecular formula is C14H13BrN2O. The van der Waals surface area contributed by atoms with E-state index in [2.05, 4.69) is 21.2 Å². The number of carbonyl (C=O) groups excluding carboxylic acids is 1. The zero-order valence-electron chi connectivity index (χ0n) is 9.91. The molecule has 4 heteroatoms. The van der Waals surface area contributed by atoms with Crippen LogP contribution in [0.25, 0.3) is 0 Å². The lowest BCUT2D eigenvalue weighted by molar-refractivity contribution is 0.102. The Labute approximate surface area is 114 Å². The van der Waals surface area contributed by atoms with Gasteiger partial charge in [0.1, 0.15) is 0 Å². The van der Waals surface area contributed by atoms with Crippen LogP contribution in [0.4, 0.5) is 11.4 Å². The maximum Gasteiger partial charge on any atom is 0.255 e. The van der Waals surface area contributed by atoms with Crippen LogP contribution < -0.4 is 11.1 Å². The highest BCUT2D eigenvalue weighted by Crippen LogP contribution is 2.18. The highest BCUT2D eigenvalue weighted by Gasteiger charge is 2.07. The van der Waals surface area contributed by atoms with Crippen LogP contribution in [0.2, 0.25) is 0 Å². The Kier molecular flexibility index (Phi) is 3.67. The number of hydrogen-bond acceptors (Lipinski definition) is 2. The molecule has 0 unspecified atom stereocenters. The lowest BCUT2D eigenvalue weighted by Crippen LogP contribution is -2.12. The minimum Gasteiger partial charge on any atom is -0.399 e. The fraction of sp³-hybridized carbons (Fsp3) is 0.0714. The van der Waals surface area contributed by atoms with E-state index in [9.17, 15) is 4.79 Å². The Morgan fingerprint density at radius 2 is 2.00 bits per heavy atom. The summed E-state index contributed by atoms with van der Waals surface area (Å²) < 4.78 is 0.789. The van der Waals surface area contributed by atoms with Crippen LogP contribution in [-0.4, -0.2) is 5.91 Å². The number of benzene rings is 2. The van der Waals surface area contributed by atoms with Crippen LogP contribution in [0, 0.1) is 6.92 Å². The number of anilines is 2. The lowest BCUT2D eigenvalue weighted by Gasteiger charge is -2.07. The molecule has 0 spiro atoms. The minimum atomic E-state index is -0.173. The van der Waals surface area contributed by atoms with Crippen LogP contribution in [0.1, 0.15) is 15.9 Å². The van der Waals surface area contributed by atoms with Gasteiger partial charge in [0.25, 0.3) is 5.91 Å². The molecule has 1 amide bonds. The number of carbonyl (C=O) groups is 1. The first kappa shape index (κ1) is 12.6. The first-order valence-electron chi connectivity index (χ1n) is 5.49. The zero-order valence-corrected chi connectivity index (χ0v) is 11.5. The van der Waals surface area contributed by atoms with Crippen LogP contribution in [-0.2, 0) is 0 Å². The smallest absolute Gasteiger partial charge is 0.255 e. The second-order valence-electron chi connectivity index (χ2n) is 4.10. The van der Waals surface area contributed by atoms with Crippen LogP contribution >= 0.6 is 15.9 Å². The quantitative estimate of drug-likeness (QED) is 0.833. The van der Waals surface area contributed by atoms with E-state index in [0.717, 1.165) is 15.7 Å². The summed E-state index contributed by atoms with van der Waals surface area (Å²) in [5, 5.41) is 2.84. The number of halogens is 1. The molecule has 0 saturated carbocycles. The molecule has 18 heavy (non-hydrogen) atoms. The summed E-state index contributed by atoms with van der Waals surface area (Å²) in [6, 6.07) is 12.8. The maximum atomic E-state index is 12.0. The Bertz CT molecular complexity index is 576. The van der Waals surface area contributed by atoms with Crippen molar-refractivity contribution in [2.75, 3.05) is 11.1 Å². The molecule has 0 radical (unpaired) electrons. The predicted molar refractivity (Wildman–Crippen MR) is 77.7 cm³/mol. The van der Waals surface area contributed by atoms with Gasteiger partial charge in [-0.3, -0.25) is 4.79 Å². The van der Waals surface area contributed by atoms with E-state index in [4.69, 9.17) is 5.73 Å².